The van der Waals surface area contributed by atoms with E-state index in [2.05, 4.69) is 6.92 Å². The van der Waals surface area contributed by atoms with E-state index in [1.807, 2.05) is 6.92 Å². The first-order chi connectivity index (χ1) is 3.83. The van der Waals surface area contributed by atoms with Crippen molar-refractivity contribution in [3.63, 3.8) is 0 Å². The monoisotopic (exact) mass is 116 g/mol. The van der Waals surface area contributed by atoms with Crippen LogP contribution in [0.2, 0.25) is 0 Å². The molecule has 0 spiro atoms. The van der Waals surface area contributed by atoms with Crippen LogP contribution in [0.15, 0.2) is 0 Å². The summed E-state index contributed by atoms with van der Waals surface area (Å²) in [5, 5.41) is 0. The molecular weight excluding hydrogens is 104 g/mol. The van der Waals surface area contributed by atoms with E-state index in [1.54, 1.807) is 0 Å². The SMILES string of the molecule is CCC1OC[C@@H](C)O1. The van der Waals surface area contributed by atoms with Crippen LogP contribution in [-0.4, -0.2) is 19.0 Å². The Morgan fingerprint density at radius 1 is 1.62 bits per heavy atom. The predicted molar refractivity (Wildman–Crippen MR) is 30.6 cm³/mol. The summed E-state index contributed by atoms with van der Waals surface area (Å²) in [6, 6.07) is 0. The molecule has 1 aliphatic rings. The summed E-state index contributed by atoms with van der Waals surface area (Å²) in [5.41, 5.74) is 0. The maximum Gasteiger partial charge on any atom is 0.157 e. The van der Waals surface area contributed by atoms with E-state index in [0.29, 0.717) is 6.10 Å². The lowest BCUT2D eigenvalue weighted by molar-refractivity contribution is -0.0557. The Morgan fingerprint density at radius 2 is 2.38 bits per heavy atom. The molecule has 2 nitrogen and oxygen atoms in total. The van der Waals surface area contributed by atoms with E-state index < -0.39 is 0 Å². The fourth-order valence-electron chi connectivity index (χ4n) is 0.795. The van der Waals surface area contributed by atoms with Crippen LogP contribution in [0.25, 0.3) is 0 Å². The number of hydrogen-bond acceptors (Lipinski definition) is 2. The molecule has 1 rings (SSSR count). The van der Waals surface area contributed by atoms with Crippen molar-refractivity contribution in [1.82, 2.24) is 0 Å². The largest absolute Gasteiger partial charge is 0.350 e. The Kier molecular flexibility index (Phi) is 1.86. The van der Waals surface area contributed by atoms with Gasteiger partial charge in [0.1, 0.15) is 0 Å². The van der Waals surface area contributed by atoms with Crippen molar-refractivity contribution in [2.24, 2.45) is 0 Å². The van der Waals surface area contributed by atoms with Crippen LogP contribution in [0.5, 0.6) is 0 Å². The second-order valence-electron chi connectivity index (χ2n) is 2.12. The molecule has 0 aromatic carbocycles. The Bertz CT molecular complexity index is 72.9. The van der Waals surface area contributed by atoms with Gasteiger partial charge in [-0.15, -0.1) is 0 Å². The van der Waals surface area contributed by atoms with Crippen molar-refractivity contribution in [1.29, 1.82) is 0 Å². The van der Waals surface area contributed by atoms with Crippen LogP contribution in [0.1, 0.15) is 20.3 Å². The van der Waals surface area contributed by atoms with Crippen molar-refractivity contribution in [3.8, 4) is 0 Å². The molecule has 0 bridgehead atoms. The molecule has 1 saturated heterocycles. The van der Waals surface area contributed by atoms with Gasteiger partial charge >= 0.3 is 0 Å². The number of rotatable bonds is 1. The van der Waals surface area contributed by atoms with Crippen molar-refractivity contribution in [2.75, 3.05) is 6.61 Å². The van der Waals surface area contributed by atoms with Crippen LogP contribution >= 0.6 is 0 Å². The minimum absolute atomic E-state index is 0.0741. The topological polar surface area (TPSA) is 18.5 Å². The van der Waals surface area contributed by atoms with E-state index in [0.717, 1.165) is 13.0 Å². The van der Waals surface area contributed by atoms with E-state index in [9.17, 15) is 0 Å². The third-order valence-electron chi connectivity index (χ3n) is 1.23. The standard InChI is InChI=1S/C6H12O2/c1-3-6-7-4-5(2)8-6/h5-6H,3-4H2,1-2H3/t5-,6?/m1/s1. The highest BCUT2D eigenvalue weighted by atomic mass is 16.7. The maximum atomic E-state index is 5.29. The quantitative estimate of drug-likeness (QED) is 0.511. The second kappa shape index (κ2) is 2.46. The molecule has 0 radical (unpaired) electrons. The number of ether oxygens (including phenoxy) is 2. The minimum Gasteiger partial charge on any atom is -0.350 e. The normalized spacial score (nSPS) is 38.2. The summed E-state index contributed by atoms with van der Waals surface area (Å²) in [7, 11) is 0. The Hall–Kier alpha value is -0.0800. The van der Waals surface area contributed by atoms with Gasteiger partial charge in [-0.2, -0.15) is 0 Å². The van der Waals surface area contributed by atoms with Crippen LogP contribution in [0, 0.1) is 0 Å². The Morgan fingerprint density at radius 3 is 2.62 bits per heavy atom. The summed E-state index contributed by atoms with van der Waals surface area (Å²) >= 11 is 0. The molecule has 2 heteroatoms. The molecule has 0 saturated carbocycles. The Balaban J connectivity index is 2.22. The summed E-state index contributed by atoms with van der Waals surface area (Å²) < 4.78 is 10.5. The predicted octanol–water partition coefficient (Wildman–Crippen LogP) is 1.16. The summed E-state index contributed by atoms with van der Waals surface area (Å²) in [6.45, 7) is 4.84. The highest BCUT2D eigenvalue weighted by Gasteiger charge is 2.19. The molecule has 1 aliphatic heterocycles. The summed E-state index contributed by atoms with van der Waals surface area (Å²) in [6.07, 6.45) is 1.34. The smallest absolute Gasteiger partial charge is 0.157 e. The molecule has 1 unspecified atom stereocenters. The lowest BCUT2D eigenvalue weighted by Crippen LogP contribution is -2.06. The first kappa shape index (κ1) is 6.05. The lowest BCUT2D eigenvalue weighted by Gasteiger charge is -2.03. The van der Waals surface area contributed by atoms with Gasteiger partial charge in [-0.05, 0) is 13.3 Å². The molecule has 0 aromatic heterocycles. The van der Waals surface area contributed by atoms with Gasteiger partial charge in [-0.1, -0.05) is 6.92 Å². The van der Waals surface area contributed by atoms with E-state index in [1.165, 1.54) is 0 Å². The zero-order valence-corrected chi connectivity index (χ0v) is 5.39. The van der Waals surface area contributed by atoms with Crippen LogP contribution in [0.4, 0.5) is 0 Å². The molecule has 48 valence electrons. The lowest BCUT2D eigenvalue weighted by atomic mass is 10.4. The van der Waals surface area contributed by atoms with Crippen LogP contribution < -0.4 is 0 Å². The zero-order valence-electron chi connectivity index (χ0n) is 5.39. The number of hydrogen-bond donors (Lipinski definition) is 0. The fourth-order valence-corrected chi connectivity index (χ4v) is 0.795. The van der Waals surface area contributed by atoms with E-state index >= 15 is 0 Å². The Labute approximate surface area is 49.8 Å². The second-order valence-corrected chi connectivity index (χ2v) is 2.12. The van der Waals surface area contributed by atoms with Gasteiger partial charge in [0, 0.05) is 0 Å². The molecule has 0 amide bonds. The molecular formula is C6H12O2. The van der Waals surface area contributed by atoms with Gasteiger partial charge in [-0.25, -0.2) is 0 Å². The van der Waals surface area contributed by atoms with Crippen LogP contribution in [-0.2, 0) is 9.47 Å². The van der Waals surface area contributed by atoms with Crippen LogP contribution in [0.3, 0.4) is 0 Å². The molecule has 8 heavy (non-hydrogen) atoms. The summed E-state index contributed by atoms with van der Waals surface area (Å²) in [5.74, 6) is 0. The van der Waals surface area contributed by atoms with Crippen molar-refractivity contribution >= 4 is 0 Å². The van der Waals surface area contributed by atoms with Gasteiger partial charge in [0.15, 0.2) is 6.29 Å². The zero-order chi connectivity index (χ0) is 5.98. The van der Waals surface area contributed by atoms with Gasteiger partial charge < -0.3 is 9.47 Å². The average Bonchev–Trinajstić information content (AvgIpc) is 2.14. The molecule has 0 aromatic rings. The summed E-state index contributed by atoms with van der Waals surface area (Å²) in [4.78, 5) is 0. The van der Waals surface area contributed by atoms with Gasteiger partial charge in [0.25, 0.3) is 0 Å². The molecule has 1 heterocycles. The van der Waals surface area contributed by atoms with Crippen molar-refractivity contribution < 1.29 is 9.47 Å². The van der Waals surface area contributed by atoms with E-state index in [-0.39, 0.29) is 6.29 Å². The van der Waals surface area contributed by atoms with Crippen molar-refractivity contribution in [3.05, 3.63) is 0 Å². The van der Waals surface area contributed by atoms with Gasteiger partial charge in [-0.3, -0.25) is 0 Å². The third kappa shape index (κ3) is 1.20. The molecule has 1 fully saturated rings. The first-order valence-electron chi connectivity index (χ1n) is 3.10. The molecule has 2 atom stereocenters. The van der Waals surface area contributed by atoms with E-state index in [4.69, 9.17) is 9.47 Å². The average molecular weight is 116 g/mol. The van der Waals surface area contributed by atoms with Gasteiger partial charge in [0.05, 0.1) is 12.7 Å². The highest BCUT2D eigenvalue weighted by molar-refractivity contribution is 4.57. The minimum atomic E-state index is 0.0741. The maximum absolute atomic E-state index is 5.29. The van der Waals surface area contributed by atoms with Crippen molar-refractivity contribution in [2.45, 2.75) is 32.7 Å². The molecule has 0 aliphatic carbocycles. The van der Waals surface area contributed by atoms with Gasteiger partial charge in [0.2, 0.25) is 0 Å². The molecule has 0 N–H and O–H groups in total. The fraction of sp³-hybridized carbons (Fsp3) is 1.00. The highest BCUT2D eigenvalue weighted by Crippen LogP contribution is 2.12. The first-order valence-corrected chi connectivity index (χ1v) is 3.10. The third-order valence-corrected chi connectivity index (χ3v) is 1.23.